The molecule has 0 aromatic carbocycles. The van der Waals surface area contributed by atoms with Crippen molar-refractivity contribution in [1.82, 2.24) is 10.2 Å². The predicted molar refractivity (Wildman–Crippen MR) is 194 cm³/mol. The molecule has 1 amide bonds. The van der Waals surface area contributed by atoms with E-state index in [9.17, 15) is 22.4 Å². The highest BCUT2D eigenvalue weighted by molar-refractivity contribution is 5.68. The predicted octanol–water partition coefficient (Wildman–Crippen LogP) is 9.03. The van der Waals surface area contributed by atoms with Crippen LogP contribution in [-0.4, -0.2) is 68.2 Å². The molecule has 6 nitrogen and oxygen atoms in total. The number of unbranched alkanes of at least 4 members (excludes halogenated alkanes) is 1. The van der Waals surface area contributed by atoms with Crippen molar-refractivity contribution >= 4 is 6.09 Å². The molecule has 4 rings (SSSR count). The summed E-state index contributed by atoms with van der Waals surface area (Å²) in [7, 11) is 0. The van der Waals surface area contributed by atoms with Gasteiger partial charge in [0.2, 0.25) is 0 Å². The summed E-state index contributed by atoms with van der Waals surface area (Å²) in [6.07, 6.45) is 14.8. The maximum Gasteiger partial charge on any atom is 0.410 e. The fraction of sp³-hybridized carbons (Fsp3) is 0.925. The molecule has 3 fully saturated rings. The van der Waals surface area contributed by atoms with Crippen LogP contribution in [0.5, 0.6) is 0 Å². The third kappa shape index (κ3) is 9.58. The maximum atomic E-state index is 14.4. The minimum absolute atomic E-state index is 0.0386. The number of carbonyl (C=O) groups is 1. The van der Waals surface area contributed by atoms with E-state index in [1.807, 2.05) is 0 Å². The molecular formula is C40H70F4N4O2. The Bertz CT molecular complexity index is 1140. The molecule has 290 valence electrons. The first kappa shape index (κ1) is 41.4. The van der Waals surface area contributed by atoms with E-state index < -0.39 is 44.1 Å². The lowest BCUT2D eigenvalue weighted by Gasteiger charge is -2.58. The highest BCUT2D eigenvalue weighted by Gasteiger charge is 2.59. The van der Waals surface area contributed by atoms with Crippen LogP contribution in [0.2, 0.25) is 0 Å². The molecule has 10 heteroatoms. The first-order chi connectivity index (χ1) is 23.5. The SMILES string of the molecule is CC[C@H](CC[C@@H](C)[C@H]1CC[C@H]2[C@@H]3CC=C4C[C@@H](OC(=O)N(CCCCNCC(F)(F)CN)CC(F)(F)CN)CC[C@]4(C)[C@H]3CC[C@]12C)C(C)C. The van der Waals surface area contributed by atoms with Gasteiger partial charge in [0.25, 0.3) is 11.8 Å². The molecule has 0 spiro atoms. The molecule has 4 aliphatic rings. The van der Waals surface area contributed by atoms with Gasteiger partial charge >= 0.3 is 6.09 Å². The molecule has 9 atom stereocenters. The second kappa shape index (κ2) is 17.2. The number of halogens is 4. The van der Waals surface area contributed by atoms with Crippen LogP contribution >= 0.6 is 0 Å². The largest absolute Gasteiger partial charge is 0.446 e. The van der Waals surface area contributed by atoms with E-state index in [-0.39, 0.29) is 24.6 Å². The van der Waals surface area contributed by atoms with Gasteiger partial charge in [-0.1, -0.05) is 66.0 Å². The van der Waals surface area contributed by atoms with Crippen molar-refractivity contribution in [3.05, 3.63) is 11.6 Å². The Kier molecular flexibility index (Phi) is 14.2. The van der Waals surface area contributed by atoms with E-state index in [4.69, 9.17) is 16.2 Å². The number of nitrogens with two attached hydrogens (primary N) is 2. The summed E-state index contributed by atoms with van der Waals surface area (Å²) in [6.45, 7) is 12.0. The number of fused-ring (bicyclic) bond motifs is 5. The van der Waals surface area contributed by atoms with E-state index in [0.29, 0.717) is 36.5 Å². The molecule has 0 heterocycles. The van der Waals surface area contributed by atoms with Gasteiger partial charge in [-0.2, -0.15) is 0 Å². The van der Waals surface area contributed by atoms with Crippen molar-refractivity contribution < 1.29 is 27.1 Å². The summed E-state index contributed by atoms with van der Waals surface area (Å²) >= 11 is 0. The monoisotopic (exact) mass is 715 g/mol. The Morgan fingerprint density at radius 1 is 1.00 bits per heavy atom. The minimum Gasteiger partial charge on any atom is -0.446 e. The molecule has 0 aromatic rings. The number of allylic oxidation sites excluding steroid dienone is 1. The van der Waals surface area contributed by atoms with Crippen LogP contribution in [0, 0.1) is 52.3 Å². The lowest BCUT2D eigenvalue weighted by molar-refractivity contribution is -0.0620. The average Bonchev–Trinajstić information content (AvgIpc) is 3.43. The molecule has 5 N–H and O–H groups in total. The minimum atomic E-state index is -3.25. The van der Waals surface area contributed by atoms with Crippen LogP contribution in [0.1, 0.15) is 125 Å². The number of alkyl halides is 4. The van der Waals surface area contributed by atoms with Crippen molar-refractivity contribution in [2.45, 2.75) is 143 Å². The number of amides is 1. The van der Waals surface area contributed by atoms with Crippen LogP contribution in [0.4, 0.5) is 22.4 Å². The molecule has 50 heavy (non-hydrogen) atoms. The van der Waals surface area contributed by atoms with Crippen molar-refractivity contribution in [3.8, 4) is 0 Å². The second-order valence-electron chi connectivity index (χ2n) is 17.6. The molecule has 3 saturated carbocycles. The third-order valence-corrected chi connectivity index (χ3v) is 14.2. The number of hydrogen-bond donors (Lipinski definition) is 3. The standard InChI is InChI=1S/C40H70F4N4O2/c1-7-29(27(2)3)11-10-28(4)33-14-15-34-32-13-12-30-22-31(16-18-37(30,5)35(32)17-19-38(33,34)6)50-36(49)48(26-40(43,44)24-46)21-9-8-20-47-25-39(41,42)23-45/h12,27-29,31-35,47H,7-11,13-26,45-46H2,1-6H3/t28-,29-,31+,32+,33-,34+,35+,37+,38-/m1/s1. The Morgan fingerprint density at radius 3 is 2.38 bits per heavy atom. The number of nitrogens with zero attached hydrogens (tertiary/aromatic N) is 1. The average molecular weight is 715 g/mol. The summed E-state index contributed by atoms with van der Waals surface area (Å²) in [5.74, 6) is -1.00. The fourth-order valence-corrected chi connectivity index (χ4v) is 11.1. The van der Waals surface area contributed by atoms with Gasteiger partial charge in [0.05, 0.1) is 26.2 Å². The topological polar surface area (TPSA) is 93.6 Å². The zero-order chi connectivity index (χ0) is 36.9. The molecule has 0 saturated heterocycles. The Hall–Kier alpha value is -1.39. The van der Waals surface area contributed by atoms with Gasteiger partial charge in [-0.15, -0.1) is 0 Å². The highest BCUT2D eigenvalue weighted by Crippen LogP contribution is 2.67. The van der Waals surface area contributed by atoms with E-state index in [2.05, 4.69) is 52.9 Å². The van der Waals surface area contributed by atoms with Gasteiger partial charge in [-0.05, 0) is 123 Å². The molecule has 0 unspecified atom stereocenters. The summed E-state index contributed by atoms with van der Waals surface area (Å²) < 4.78 is 61.5. The van der Waals surface area contributed by atoms with E-state index in [0.717, 1.165) is 53.8 Å². The van der Waals surface area contributed by atoms with Crippen molar-refractivity contribution in [3.63, 3.8) is 0 Å². The first-order valence-corrected chi connectivity index (χ1v) is 20.0. The van der Waals surface area contributed by atoms with Crippen LogP contribution in [-0.2, 0) is 4.74 Å². The van der Waals surface area contributed by atoms with Crippen LogP contribution in [0.3, 0.4) is 0 Å². The van der Waals surface area contributed by atoms with Gasteiger partial charge in [0.15, 0.2) is 0 Å². The zero-order valence-electron chi connectivity index (χ0n) is 32.1. The number of rotatable bonds is 18. The normalized spacial score (nSPS) is 32.5. The molecule has 4 aliphatic carbocycles. The quantitative estimate of drug-likeness (QED) is 0.0749. The number of ether oxygens (including phenoxy) is 1. The molecule has 0 bridgehead atoms. The zero-order valence-corrected chi connectivity index (χ0v) is 32.1. The van der Waals surface area contributed by atoms with Crippen LogP contribution in [0.25, 0.3) is 0 Å². The van der Waals surface area contributed by atoms with Gasteiger partial charge in [-0.3, -0.25) is 0 Å². The van der Waals surface area contributed by atoms with Crippen molar-refractivity contribution in [2.75, 3.05) is 39.3 Å². The smallest absolute Gasteiger partial charge is 0.410 e. The number of carbonyl (C=O) groups excluding carboxylic acids is 1. The highest BCUT2D eigenvalue weighted by atomic mass is 19.3. The Morgan fingerprint density at radius 2 is 1.72 bits per heavy atom. The van der Waals surface area contributed by atoms with Crippen LogP contribution in [0.15, 0.2) is 11.6 Å². The molecular weight excluding hydrogens is 644 g/mol. The Labute approximate surface area is 300 Å². The van der Waals surface area contributed by atoms with Crippen LogP contribution < -0.4 is 16.8 Å². The van der Waals surface area contributed by atoms with E-state index in [1.165, 1.54) is 50.5 Å². The first-order valence-electron chi connectivity index (χ1n) is 20.0. The summed E-state index contributed by atoms with van der Waals surface area (Å²) in [5, 5.41) is 2.65. The van der Waals surface area contributed by atoms with Gasteiger partial charge in [-0.25, -0.2) is 22.4 Å². The third-order valence-electron chi connectivity index (χ3n) is 14.2. The lowest BCUT2D eigenvalue weighted by atomic mass is 9.47. The maximum absolute atomic E-state index is 14.4. The lowest BCUT2D eigenvalue weighted by Crippen LogP contribution is -2.51. The fourth-order valence-electron chi connectivity index (χ4n) is 11.1. The summed E-state index contributed by atoms with van der Waals surface area (Å²) in [4.78, 5) is 14.4. The van der Waals surface area contributed by atoms with E-state index >= 15 is 0 Å². The van der Waals surface area contributed by atoms with Crippen molar-refractivity contribution in [2.24, 2.45) is 63.7 Å². The number of hydrogen-bond acceptors (Lipinski definition) is 5. The number of nitrogens with one attached hydrogen (secondary N) is 1. The van der Waals surface area contributed by atoms with Gasteiger partial charge < -0.3 is 26.4 Å². The van der Waals surface area contributed by atoms with E-state index in [1.54, 1.807) is 0 Å². The molecule has 0 aliphatic heterocycles. The molecule has 0 aromatic heterocycles. The van der Waals surface area contributed by atoms with Gasteiger partial charge in [0.1, 0.15) is 6.10 Å². The molecule has 0 radical (unpaired) electrons. The van der Waals surface area contributed by atoms with Crippen molar-refractivity contribution in [1.29, 1.82) is 0 Å². The second-order valence-corrected chi connectivity index (χ2v) is 17.6. The van der Waals surface area contributed by atoms with Gasteiger partial charge in [0, 0.05) is 13.0 Å². The summed E-state index contributed by atoms with van der Waals surface area (Å²) in [5.41, 5.74) is 12.3. The summed E-state index contributed by atoms with van der Waals surface area (Å²) in [6, 6.07) is 0. The Balaban J connectivity index is 1.35.